The second-order valence-corrected chi connectivity index (χ2v) is 8.85. The second-order valence-electron chi connectivity index (χ2n) is 6.62. The highest BCUT2D eigenvalue weighted by atomic mass is 32.2. The van der Waals surface area contributed by atoms with Gasteiger partial charge in [-0.3, -0.25) is 14.5 Å². The summed E-state index contributed by atoms with van der Waals surface area (Å²) in [6.07, 6.45) is 1.44. The number of imide groups is 1. The molecular weight excluding hydrogens is 358 g/mol. The summed E-state index contributed by atoms with van der Waals surface area (Å²) in [6, 6.07) is 7.91. The number of carbonyl (C=O) groups is 3. The molecule has 9 heteroatoms. The Hall–Kier alpha value is -2.42. The van der Waals surface area contributed by atoms with E-state index in [1.807, 2.05) is 30.3 Å². The average Bonchev–Trinajstić information content (AvgIpc) is 3.07. The lowest BCUT2D eigenvalue weighted by molar-refractivity contribution is -0.132. The molecule has 0 spiro atoms. The molecule has 4 amide bonds. The topological polar surface area (TPSA) is 113 Å². The molecule has 0 radical (unpaired) electrons. The first kappa shape index (κ1) is 18.4. The molecule has 2 aliphatic rings. The van der Waals surface area contributed by atoms with Crippen LogP contribution in [0.15, 0.2) is 30.3 Å². The Kier molecular flexibility index (Phi) is 5.26. The number of amides is 4. The second kappa shape index (κ2) is 7.45. The van der Waals surface area contributed by atoms with Gasteiger partial charge in [-0.2, -0.15) is 0 Å². The minimum absolute atomic E-state index is 0.0443. The minimum Gasteiger partial charge on any atom is -0.351 e. The van der Waals surface area contributed by atoms with Crippen molar-refractivity contribution >= 4 is 27.7 Å². The number of urea groups is 1. The van der Waals surface area contributed by atoms with Crippen molar-refractivity contribution in [2.24, 2.45) is 0 Å². The van der Waals surface area contributed by atoms with Crippen molar-refractivity contribution in [2.45, 2.75) is 31.3 Å². The zero-order valence-electron chi connectivity index (χ0n) is 14.2. The van der Waals surface area contributed by atoms with Crippen LogP contribution in [0, 0.1) is 0 Å². The maximum Gasteiger partial charge on any atom is 0.325 e. The van der Waals surface area contributed by atoms with E-state index in [1.165, 1.54) is 0 Å². The van der Waals surface area contributed by atoms with Gasteiger partial charge in [0.1, 0.15) is 12.6 Å². The van der Waals surface area contributed by atoms with E-state index in [-0.39, 0.29) is 11.5 Å². The molecule has 2 atom stereocenters. The first-order valence-corrected chi connectivity index (χ1v) is 10.3. The van der Waals surface area contributed by atoms with E-state index >= 15 is 0 Å². The zero-order chi connectivity index (χ0) is 18.7. The van der Waals surface area contributed by atoms with Crippen molar-refractivity contribution in [3.8, 4) is 0 Å². The maximum atomic E-state index is 12.4. The van der Waals surface area contributed by atoms with E-state index in [2.05, 4.69) is 10.6 Å². The van der Waals surface area contributed by atoms with Crippen molar-refractivity contribution < 1.29 is 22.8 Å². The Morgan fingerprint density at radius 1 is 1.23 bits per heavy atom. The van der Waals surface area contributed by atoms with Gasteiger partial charge in [0.15, 0.2) is 9.84 Å². The number of nitrogens with zero attached hydrogens (tertiary/aromatic N) is 1. The van der Waals surface area contributed by atoms with E-state index in [9.17, 15) is 22.8 Å². The third-order valence-electron chi connectivity index (χ3n) is 4.57. The van der Waals surface area contributed by atoms with E-state index < -0.39 is 46.3 Å². The molecule has 140 valence electrons. The Bertz CT molecular complexity index is 809. The Morgan fingerprint density at radius 2 is 1.96 bits per heavy atom. The lowest BCUT2D eigenvalue weighted by atomic mass is 10.1. The van der Waals surface area contributed by atoms with Gasteiger partial charge in [-0.15, -0.1) is 0 Å². The number of benzene rings is 1. The first-order valence-electron chi connectivity index (χ1n) is 8.50. The molecule has 0 aliphatic carbocycles. The van der Waals surface area contributed by atoms with Gasteiger partial charge in [0, 0.05) is 6.04 Å². The summed E-state index contributed by atoms with van der Waals surface area (Å²) in [6.45, 7) is -0.400. The zero-order valence-corrected chi connectivity index (χ0v) is 15.0. The SMILES string of the molecule is O=C(CN1C(=O)N[C@@H](CCc2ccccc2)C1=O)N[C@H]1CCS(=O)(=O)C1. The fraction of sp³-hybridized carbons (Fsp3) is 0.471. The minimum atomic E-state index is -3.11. The number of aryl methyl sites for hydroxylation is 1. The van der Waals surface area contributed by atoms with Crippen LogP contribution in [0.2, 0.25) is 0 Å². The van der Waals surface area contributed by atoms with Gasteiger partial charge < -0.3 is 10.6 Å². The molecule has 1 aromatic rings. The van der Waals surface area contributed by atoms with Crippen molar-refractivity contribution in [1.29, 1.82) is 0 Å². The summed E-state index contributed by atoms with van der Waals surface area (Å²) in [5.74, 6) is -1.01. The van der Waals surface area contributed by atoms with Gasteiger partial charge in [0.2, 0.25) is 5.91 Å². The van der Waals surface area contributed by atoms with Gasteiger partial charge >= 0.3 is 6.03 Å². The summed E-state index contributed by atoms with van der Waals surface area (Å²) in [7, 11) is -3.11. The quantitative estimate of drug-likeness (QED) is 0.667. The molecule has 2 fully saturated rings. The van der Waals surface area contributed by atoms with Gasteiger partial charge in [-0.05, 0) is 24.8 Å². The average molecular weight is 379 g/mol. The van der Waals surface area contributed by atoms with Gasteiger partial charge in [0.25, 0.3) is 5.91 Å². The van der Waals surface area contributed by atoms with Crippen LogP contribution in [0.3, 0.4) is 0 Å². The Labute approximate surface area is 151 Å². The van der Waals surface area contributed by atoms with Crippen LogP contribution in [0.5, 0.6) is 0 Å². The predicted molar refractivity (Wildman–Crippen MR) is 94.0 cm³/mol. The molecule has 0 saturated carbocycles. The van der Waals surface area contributed by atoms with Crippen LogP contribution >= 0.6 is 0 Å². The number of hydrogen-bond donors (Lipinski definition) is 2. The van der Waals surface area contributed by atoms with Crippen LogP contribution in [0.25, 0.3) is 0 Å². The molecule has 2 saturated heterocycles. The standard InChI is InChI=1S/C17H21N3O5S/c21-15(18-13-8-9-26(24,25)11-13)10-20-16(22)14(19-17(20)23)7-6-12-4-2-1-3-5-12/h1-5,13-14H,6-11H2,(H,18,21)(H,19,23)/t13-,14-/m0/s1. The van der Waals surface area contributed by atoms with Gasteiger partial charge in [-0.1, -0.05) is 30.3 Å². The molecule has 0 bridgehead atoms. The molecule has 0 unspecified atom stereocenters. The molecule has 0 aromatic heterocycles. The molecule has 2 aliphatic heterocycles. The fourth-order valence-corrected chi connectivity index (χ4v) is 4.88. The number of carbonyl (C=O) groups excluding carboxylic acids is 3. The van der Waals surface area contributed by atoms with E-state index in [0.717, 1.165) is 10.5 Å². The summed E-state index contributed by atoms with van der Waals surface area (Å²) in [5.41, 5.74) is 1.06. The molecule has 8 nitrogen and oxygen atoms in total. The number of rotatable bonds is 6. The Morgan fingerprint density at radius 3 is 2.62 bits per heavy atom. The highest BCUT2D eigenvalue weighted by Gasteiger charge is 2.39. The summed E-state index contributed by atoms with van der Waals surface area (Å²) >= 11 is 0. The van der Waals surface area contributed by atoms with Crippen LogP contribution in [-0.2, 0) is 25.8 Å². The highest BCUT2D eigenvalue weighted by Crippen LogP contribution is 2.14. The number of nitrogens with one attached hydrogen (secondary N) is 2. The van der Waals surface area contributed by atoms with E-state index in [4.69, 9.17) is 0 Å². The summed E-state index contributed by atoms with van der Waals surface area (Å²) in [4.78, 5) is 37.3. The molecule has 2 heterocycles. The third-order valence-corrected chi connectivity index (χ3v) is 6.34. The lowest BCUT2D eigenvalue weighted by Crippen LogP contribution is -2.45. The lowest BCUT2D eigenvalue weighted by Gasteiger charge is -2.15. The van der Waals surface area contributed by atoms with Crippen LogP contribution in [-0.4, -0.2) is 61.3 Å². The van der Waals surface area contributed by atoms with Crippen LogP contribution in [0.4, 0.5) is 4.79 Å². The highest BCUT2D eigenvalue weighted by molar-refractivity contribution is 7.91. The van der Waals surface area contributed by atoms with Crippen molar-refractivity contribution in [2.75, 3.05) is 18.1 Å². The molecule has 1 aromatic carbocycles. The van der Waals surface area contributed by atoms with Gasteiger partial charge in [0.05, 0.1) is 11.5 Å². The predicted octanol–water partition coefficient (Wildman–Crippen LogP) is -0.157. The van der Waals surface area contributed by atoms with Crippen molar-refractivity contribution in [1.82, 2.24) is 15.5 Å². The molecule has 2 N–H and O–H groups in total. The number of sulfone groups is 1. The van der Waals surface area contributed by atoms with Gasteiger partial charge in [-0.25, -0.2) is 13.2 Å². The van der Waals surface area contributed by atoms with Crippen LogP contribution in [0.1, 0.15) is 18.4 Å². The van der Waals surface area contributed by atoms with E-state index in [0.29, 0.717) is 19.3 Å². The largest absolute Gasteiger partial charge is 0.351 e. The van der Waals surface area contributed by atoms with Crippen molar-refractivity contribution in [3.63, 3.8) is 0 Å². The molecular formula is C17H21N3O5S. The van der Waals surface area contributed by atoms with Crippen LogP contribution < -0.4 is 10.6 Å². The first-order chi connectivity index (χ1) is 12.3. The fourth-order valence-electron chi connectivity index (χ4n) is 3.20. The normalized spacial score (nSPS) is 24.5. The Balaban J connectivity index is 1.51. The maximum absolute atomic E-state index is 12.4. The monoisotopic (exact) mass is 379 g/mol. The van der Waals surface area contributed by atoms with E-state index in [1.54, 1.807) is 0 Å². The smallest absolute Gasteiger partial charge is 0.325 e. The summed E-state index contributed by atoms with van der Waals surface area (Å²) < 4.78 is 22.8. The third kappa shape index (κ3) is 4.40. The number of hydrogen-bond acceptors (Lipinski definition) is 5. The summed E-state index contributed by atoms with van der Waals surface area (Å²) in [5, 5.41) is 5.18. The van der Waals surface area contributed by atoms with Crippen molar-refractivity contribution in [3.05, 3.63) is 35.9 Å². The molecule has 26 heavy (non-hydrogen) atoms. The molecule has 3 rings (SSSR count).